The molecule has 1 atom stereocenters. The summed E-state index contributed by atoms with van der Waals surface area (Å²) in [4.78, 5) is 30.3. The third-order valence-electron chi connectivity index (χ3n) is 5.07. The Bertz CT molecular complexity index is 1240. The fourth-order valence-electron chi connectivity index (χ4n) is 3.62. The largest absolute Gasteiger partial charge is 0.449 e. The van der Waals surface area contributed by atoms with E-state index in [1.807, 2.05) is 56.3 Å². The van der Waals surface area contributed by atoms with E-state index in [9.17, 15) is 9.59 Å². The van der Waals surface area contributed by atoms with E-state index in [4.69, 9.17) is 9.15 Å². The minimum atomic E-state index is -0.931. The third-order valence-corrected chi connectivity index (χ3v) is 5.07. The van der Waals surface area contributed by atoms with Gasteiger partial charge in [0, 0.05) is 5.69 Å². The van der Waals surface area contributed by atoms with Crippen LogP contribution >= 0.6 is 0 Å². The Morgan fingerprint density at radius 3 is 2.41 bits per heavy atom. The van der Waals surface area contributed by atoms with Crippen molar-refractivity contribution in [2.24, 2.45) is 0 Å². The van der Waals surface area contributed by atoms with Crippen molar-refractivity contribution in [2.45, 2.75) is 33.3 Å². The lowest BCUT2D eigenvalue weighted by Crippen LogP contribution is -2.32. The van der Waals surface area contributed by atoms with Crippen LogP contribution in [0, 0.1) is 13.8 Å². The molecule has 6 nitrogen and oxygen atoms in total. The SMILES string of the molecule is CCC(OC(=O)c1ccccc1-c1nc2ccccc2o1)C(=O)Nc1cc(C)cc(C)c1. The first-order valence-corrected chi connectivity index (χ1v) is 10.5. The van der Waals surface area contributed by atoms with E-state index < -0.39 is 12.1 Å². The zero-order valence-electron chi connectivity index (χ0n) is 18.2. The van der Waals surface area contributed by atoms with Gasteiger partial charge in [0.2, 0.25) is 5.89 Å². The standard InChI is InChI=1S/C26H24N2O4/c1-4-22(24(29)27-18-14-16(2)13-17(3)15-18)32-26(30)20-10-6-5-9-19(20)25-28-21-11-7-8-12-23(21)31-25/h5-15,22H,4H2,1-3H3,(H,27,29). The van der Waals surface area contributed by atoms with Crippen LogP contribution in [0.4, 0.5) is 5.69 Å². The summed E-state index contributed by atoms with van der Waals surface area (Å²) < 4.78 is 11.4. The van der Waals surface area contributed by atoms with Gasteiger partial charge >= 0.3 is 5.97 Å². The van der Waals surface area contributed by atoms with Gasteiger partial charge in [0.05, 0.1) is 11.1 Å². The highest BCUT2D eigenvalue weighted by atomic mass is 16.5. The quantitative estimate of drug-likeness (QED) is 0.399. The van der Waals surface area contributed by atoms with Gasteiger partial charge in [0.1, 0.15) is 5.52 Å². The summed E-state index contributed by atoms with van der Waals surface area (Å²) >= 11 is 0. The molecule has 0 radical (unpaired) electrons. The van der Waals surface area contributed by atoms with Crippen molar-refractivity contribution in [3.05, 3.63) is 83.4 Å². The molecule has 6 heteroatoms. The topological polar surface area (TPSA) is 81.4 Å². The molecule has 0 saturated heterocycles. The summed E-state index contributed by atoms with van der Waals surface area (Å²) in [6, 6.07) is 20.1. The van der Waals surface area contributed by atoms with E-state index >= 15 is 0 Å². The summed E-state index contributed by atoms with van der Waals surface area (Å²) in [6.07, 6.45) is -0.590. The van der Waals surface area contributed by atoms with Crippen molar-refractivity contribution in [1.82, 2.24) is 4.98 Å². The number of rotatable bonds is 6. The number of benzene rings is 3. The predicted molar refractivity (Wildman–Crippen MR) is 123 cm³/mol. The van der Waals surface area contributed by atoms with E-state index in [-0.39, 0.29) is 11.5 Å². The molecule has 1 amide bonds. The second kappa shape index (κ2) is 9.06. The van der Waals surface area contributed by atoms with Crippen molar-refractivity contribution >= 4 is 28.7 Å². The maximum atomic E-state index is 13.0. The number of para-hydroxylation sites is 2. The number of aryl methyl sites for hydroxylation is 2. The van der Waals surface area contributed by atoms with Crippen LogP contribution in [0.15, 0.2) is 71.1 Å². The van der Waals surface area contributed by atoms with E-state index in [2.05, 4.69) is 10.3 Å². The molecule has 4 aromatic rings. The highest BCUT2D eigenvalue weighted by Gasteiger charge is 2.25. The average molecular weight is 428 g/mol. The first-order valence-electron chi connectivity index (χ1n) is 10.5. The van der Waals surface area contributed by atoms with Gasteiger partial charge in [-0.05, 0) is 67.8 Å². The lowest BCUT2D eigenvalue weighted by atomic mass is 10.1. The first-order chi connectivity index (χ1) is 15.4. The number of anilines is 1. The minimum Gasteiger partial charge on any atom is -0.449 e. The number of hydrogen-bond acceptors (Lipinski definition) is 5. The Kier molecular flexibility index (Phi) is 6.03. The smallest absolute Gasteiger partial charge is 0.339 e. The number of carbonyl (C=O) groups is 2. The van der Waals surface area contributed by atoms with Crippen LogP contribution in [0.2, 0.25) is 0 Å². The van der Waals surface area contributed by atoms with Crippen molar-refractivity contribution in [2.75, 3.05) is 5.32 Å². The molecule has 0 bridgehead atoms. The van der Waals surface area contributed by atoms with Crippen LogP contribution < -0.4 is 5.32 Å². The number of ether oxygens (including phenoxy) is 1. The number of esters is 1. The summed E-state index contributed by atoms with van der Waals surface area (Å²) in [5.74, 6) is -0.651. The fraction of sp³-hybridized carbons (Fsp3) is 0.192. The number of hydrogen-bond donors (Lipinski definition) is 1. The minimum absolute atomic E-state index is 0.289. The van der Waals surface area contributed by atoms with Crippen LogP contribution in [-0.4, -0.2) is 23.0 Å². The molecule has 32 heavy (non-hydrogen) atoms. The number of aromatic nitrogens is 1. The number of nitrogens with one attached hydrogen (secondary N) is 1. The number of carbonyl (C=O) groups excluding carboxylic acids is 2. The van der Waals surface area contributed by atoms with Gasteiger partial charge in [0.15, 0.2) is 11.7 Å². The van der Waals surface area contributed by atoms with E-state index in [0.29, 0.717) is 34.7 Å². The zero-order chi connectivity index (χ0) is 22.7. The summed E-state index contributed by atoms with van der Waals surface area (Å²) in [5, 5.41) is 2.85. The molecular formula is C26H24N2O4. The molecule has 4 rings (SSSR count). The Morgan fingerprint density at radius 1 is 1.00 bits per heavy atom. The average Bonchev–Trinajstić information content (AvgIpc) is 3.20. The molecular weight excluding hydrogens is 404 g/mol. The summed E-state index contributed by atoms with van der Waals surface area (Å²) in [5.41, 5.74) is 4.88. The predicted octanol–water partition coefficient (Wildman–Crippen LogP) is 5.69. The van der Waals surface area contributed by atoms with Crippen LogP contribution in [0.5, 0.6) is 0 Å². The third kappa shape index (κ3) is 4.54. The second-order valence-electron chi connectivity index (χ2n) is 7.70. The maximum Gasteiger partial charge on any atom is 0.339 e. The lowest BCUT2D eigenvalue weighted by molar-refractivity contribution is -0.124. The van der Waals surface area contributed by atoms with Gasteiger partial charge < -0.3 is 14.5 Å². The van der Waals surface area contributed by atoms with Crippen molar-refractivity contribution in [3.8, 4) is 11.5 Å². The highest BCUT2D eigenvalue weighted by molar-refractivity contribution is 6.00. The Hall–Kier alpha value is -3.93. The maximum absolute atomic E-state index is 13.0. The lowest BCUT2D eigenvalue weighted by Gasteiger charge is -2.17. The van der Waals surface area contributed by atoms with Gasteiger partial charge in [0.25, 0.3) is 5.91 Å². The van der Waals surface area contributed by atoms with E-state index in [0.717, 1.165) is 11.1 Å². The molecule has 0 saturated carbocycles. The first kappa shape index (κ1) is 21.3. The Labute approximate surface area is 186 Å². The van der Waals surface area contributed by atoms with Crippen LogP contribution in [-0.2, 0) is 9.53 Å². The van der Waals surface area contributed by atoms with E-state index in [1.54, 1.807) is 31.2 Å². The van der Waals surface area contributed by atoms with Crippen LogP contribution in [0.25, 0.3) is 22.6 Å². The van der Waals surface area contributed by atoms with Gasteiger partial charge in [-0.25, -0.2) is 9.78 Å². The monoisotopic (exact) mass is 428 g/mol. The Morgan fingerprint density at radius 2 is 1.69 bits per heavy atom. The van der Waals surface area contributed by atoms with E-state index in [1.165, 1.54) is 0 Å². The van der Waals surface area contributed by atoms with Crippen LogP contribution in [0.3, 0.4) is 0 Å². The van der Waals surface area contributed by atoms with Gasteiger partial charge in [-0.1, -0.05) is 37.3 Å². The molecule has 1 heterocycles. The van der Waals surface area contributed by atoms with Crippen LogP contribution in [0.1, 0.15) is 34.8 Å². The molecule has 0 aliphatic carbocycles. The molecule has 1 aromatic heterocycles. The summed E-state index contributed by atoms with van der Waals surface area (Å²) in [6.45, 7) is 5.72. The van der Waals surface area contributed by atoms with Crippen molar-refractivity contribution in [1.29, 1.82) is 0 Å². The highest BCUT2D eigenvalue weighted by Crippen LogP contribution is 2.28. The molecule has 1 N–H and O–H groups in total. The molecule has 0 aliphatic rings. The van der Waals surface area contributed by atoms with Crippen molar-refractivity contribution in [3.63, 3.8) is 0 Å². The van der Waals surface area contributed by atoms with Gasteiger partial charge in [-0.2, -0.15) is 0 Å². The molecule has 1 unspecified atom stereocenters. The normalized spacial score (nSPS) is 11.8. The summed E-state index contributed by atoms with van der Waals surface area (Å²) in [7, 11) is 0. The molecule has 0 aliphatic heterocycles. The number of amides is 1. The van der Waals surface area contributed by atoms with Gasteiger partial charge in [-0.15, -0.1) is 0 Å². The molecule has 3 aromatic carbocycles. The number of oxazole rings is 1. The van der Waals surface area contributed by atoms with Crippen molar-refractivity contribution < 1.29 is 18.7 Å². The Balaban J connectivity index is 1.55. The molecule has 162 valence electrons. The fourth-order valence-corrected chi connectivity index (χ4v) is 3.62. The number of nitrogens with zero attached hydrogens (tertiary/aromatic N) is 1. The number of fused-ring (bicyclic) bond motifs is 1. The zero-order valence-corrected chi connectivity index (χ0v) is 18.2. The second-order valence-corrected chi connectivity index (χ2v) is 7.70. The van der Waals surface area contributed by atoms with Gasteiger partial charge in [-0.3, -0.25) is 4.79 Å². The molecule has 0 spiro atoms. The molecule has 0 fully saturated rings.